The van der Waals surface area contributed by atoms with Crippen molar-refractivity contribution in [1.82, 2.24) is 14.9 Å². The molecule has 0 aliphatic carbocycles. The molecule has 6 nitrogen and oxygen atoms in total. The zero-order chi connectivity index (χ0) is 20.3. The van der Waals surface area contributed by atoms with E-state index in [-0.39, 0.29) is 17.6 Å². The van der Waals surface area contributed by atoms with Crippen LogP contribution in [0.4, 0.5) is 0 Å². The molecule has 6 heteroatoms. The second-order valence-corrected chi connectivity index (χ2v) is 7.96. The van der Waals surface area contributed by atoms with Gasteiger partial charge in [0.1, 0.15) is 5.82 Å². The summed E-state index contributed by atoms with van der Waals surface area (Å²) in [6, 6.07) is 6.09. The fraction of sp³-hybridized carbons (Fsp3) is 0.545. The summed E-state index contributed by atoms with van der Waals surface area (Å²) in [4.78, 5) is 22.5. The topological polar surface area (TPSA) is 67.5 Å². The predicted octanol–water partition coefficient (Wildman–Crippen LogP) is 3.29. The van der Waals surface area contributed by atoms with Crippen molar-refractivity contribution in [1.29, 1.82) is 0 Å². The van der Waals surface area contributed by atoms with Gasteiger partial charge in [-0.1, -0.05) is 19.9 Å². The number of rotatable bonds is 6. The first-order valence-electron chi connectivity index (χ1n) is 10.0. The van der Waals surface area contributed by atoms with E-state index >= 15 is 0 Å². The van der Waals surface area contributed by atoms with Gasteiger partial charge in [-0.25, -0.2) is 4.98 Å². The van der Waals surface area contributed by atoms with Crippen LogP contribution in [0.25, 0.3) is 0 Å². The van der Waals surface area contributed by atoms with Gasteiger partial charge in [0.15, 0.2) is 11.5 Å². The first-order valence-corrected chi connectivity index (χ1v) is 10.0. The van der Waals surface area contributed by atoms with Gasteiger partial charge in [-0.2, -0.15) is 0 Å². The molecule has 0 fully saturated rings. The number of fused-ring (bicyclic) bond motifs is 1. The van der Waals surface area contributed by atoms with Gasteiger partial charge >= 0.3 is 0 Å². The molecule has 2 aromatic rings. The molecule has 1 aromatic carbocycles. The van der Waals surface area contributed by atoms with Crippen molar-refractivity contribution in [2.45, 2.75) is 59.1 Å². The standard InChI is InChI=1S/C22H31N3O3/c1-14(2)21-23-18-9-11-25(10-8-17(18)22(26)24-21)13-16-6-7-19(27-5)20(12-16)28-15(3)4/h6-7,12,14-15H,8-11,13H2,1-5H3,(H,23,24,26). The van der Waals surface area contributed by atoms with Gasteiger partial charge in [0.25, 0.3) is 5.56 Å². The molecule has 2 heterocycles. The van der Waals surface area contributed by atoms with Gasteiger partial charge in [-0.15, -0.1) is 0 Å². The number of nitrogens with one attached hydrogen (secondary N) is 1. The van der Waals surface area contributed by atoms with E-state index in [1.54, 1.807) is 7.11 Å². The van der Waals surface area contributed by atoms with Gasteiger partial charge in [-0.05, 0) is 38.0 Å². The number of aromatic nitrogens is 2. The van der Waals surface area contributed by atoms with E-state index in [1.807, 2.05) is 33.8 Å². The van der Waals surface area contributed by atoms with E-state index in [1.165, 1.54) is 5.56 Å². The number of H-pyrrole nitrogens is 1. The molecule has 0 unspecified atom stereocenters. The lowest BCUT2D eigenvalue weighted by atomic mass is 10.1. The molecule has 0 spiro atoms. The average molecular weight is 386 g/mol. The summed E-state index contributed by atoms with van der Waals surface area (Å²) in [6.07, 6.45) is 1.61. The average Bonchev–Trinajstić information content (AvgIpc) is 2.84. The Balaban J connectivity index is 1.75. The normalized spacial score (nSPS) is 14.8. The third-order valence-corrected chi connectivity index (χ3v) is 5.01. The molecular formula is C22H31N3O3. The van der Waals surface area contributed by atoms with Crippen LogP contribution in [0.15, 0.2) is 23.0 Å². The summed E-state index contributed by atoms with van der Waals surface area (Å²) in [5, 5.41) is 0. The Morgan fingerprint density at radius 1 is 1.14 bits per heavy atom. The van der Waals surface area contributed by atoms with Gasteiger partial charge in [0.2, 0.25) is 0 Å². The molecular weight excluding hydrogens is 354 g/mol. The predicted molar refractivity (Wildman–Crippen MR) is 110 cm³/mol. The summed E-state index contributed by atoms with van der Waals surface area (Å²) in [6.45, 7) is 10.6. The molecule has 3 rings (SSSR count). The van der Waals surface area contributed by atoms with Crippen LogP contribution in [0.5, 0.6) is 11.5 Å². The maximum absolute atomic E-state index is 12.5. The second kappa shape index (κ2) is 8.78. The second-order valence-electron chi connectivity index (χ2n) is 7.96. The van der Waals surface area contributed by atoms with Crippen LogP contribution in [0.3, 0.4) is 0 Å². The minimum absolute atomic E-state index is 0.0209. The van der Waals surface area contributed by atoms with Gasteiger partial charge in [-0.3, -0.25) is 9.69 Å². The lowest BCUT2D eigenvalue weighted by Crippen LogP contribution is -2.26. The van der Waals surface area contributed by atoms with Crippen LogP contribution in [0.1, 0.15) is 56.3 Å². The molecule has 1 aliphatic rings. The highest BCUT2D eigenvalue weighted by Gasteiger charge is 2.20. The maximum atomic E-state index is 12.5. The fourth-order valence-corrected chi connectivity index (χ4v) is 3.53. The molecule has 0 bridgehead atoms. The van der Waals surface area contributed by atoms with E-state index in [0.717, 1.165) is 61.1 Å². The number of hydrogen-bond acceptors (Lipinski definition) is 5. The van der Waals surface area contributed by atoms with Crippen LogP contribution in [-0.2, 0) is 19.4 Å². The Kier molecular flexibility index (Phi) is 6.39. The summed E-state index contributed by atoms with van der Waals surface area (Å²) < 4.78 is 11.3. The number of nitrogens with zero attached hydrogens (tertiary/aromatic N) is 2. The SMILES string of the molecule is COc1ccc(CN2CCc3nc(C(C)C)[nH]c(=O)c3CC2)cc1OC(C)C. The largest absolute Gasteiger partial charge is 0.493 e. The molecule has 0 saturated carbocycles. The van der Waals surface area contributed by atoms with Crippen LogP contribution in [0, 0.1) is 0 Å². The smallest absolute Gasteiger partial charge is 0.254 e. The maximum Gasteiger partial charge on any atom is 0.254 e. The van der Waals surface area contributed by atoms with Gasteiger partial charge in [0, 0.05) is 37.5 Å². The zero-order valence-electron chi connectivity index (χ0n) is 17.5. The van der Waals surface area contributed by atoms with E-state index in [0.29, 0.717) is 0 Å². The van der Waals surface area contributed by atoms with E-state index < -0.39 is 0 Å². The van der Waals surface area contributed by atoms with Crippen LogP contribution in [-0.4, -0.2) is 41.2 Å². The Morgan fingerprint density at radius 2 is 1.89 bits per heavy atom. The van der Waals surface area contributed by atoms with Crippen molar-refractivity contribution in [2.75, 3.05) is 20.2 Å². The number of benzene rings is 1. The van der Waals surface area contributed by atoms with Crippen molar-refractivity contribution in [3.05, 3.63) is 51.2 Å². The molecule has 28 heavy (non-hydrogen) atoms. The number of hydrogen-bond donors (Lipinski definition) is 1. The first-order chi connectivity index (χ1) is 13.4. The molecule has 152 valence electrons. The summed E-state index contributed by atoms with van der Waals surface area (Å²) in [5.74, 6) is 2.52. The minimum Gasteiger partial charge on any atom is -0.493 e. The monoisotopic (exact) mass is 385 g/mol. The van der Waals surface area contributed by atoms with E-state index in [9.17, 15) is 4.79 Å². The molecule has 1 N–H and O–H groups in total. The van der Waals surface area contributed by atoms with Crippen molar-refractivity contribution in [2.24, 2.45) is 0 Å². The molecule has 0 amide bonds. The first kappa shape index (κ1) is 20.4. The summed E-state index contributed by atoms with van der Waals surface area (Å²) in [5.41, 5.74) is 2.98. The van der Waals surface area contributed by atoms with Crippen molar-refractivity contribution in [3.8, 4) is 11.5 Å². The van der Waals surface area contributed by atoms with Crippen molar-refractivity contribution in [3.63, 3.8) is 0 Å². The fourth-order valence-electron chi connectivity index (χ4n) is 3.53. The van der Waals surface area contributed by atoms with Crippen LogP contribution < -0.4 is 15.0 Å². The van der Waals surface area contributed by atoms with Crippen LogP contribution in [0.2, 0.25) is 0 Å². The lowest BCUT2D eigenvalue weighted by Gasteiger charge is -2.21. The van der Waals surface area contributed by atoms with Crippen molar-refractivity contribution < 1.29 is 9.47 Å². The Hall–Kier alpha value is -2.34. The molecule has 0 atom stereocenters. The summed E-state index contributed by atoms with van der Waals surface area (Å²) >= 11 is 0. The van der Waals surface area contributed by atoms with Gasteiger partial charge < -0.3 is 14.5 Å². The lowest BCUT2D eigenvalue weighted by molar-refractivity contribution is 0.228. The molecule has 1 aliphatic heterocycles. The third kappa shape index (κ3) is 4.73. The molecule has 0 radical (unpaired) electrons. The number of methoxy groups -OCH3 is 1. The van der Waals surface area contributed by atoms with Crippen molar-refractivity contribution >= 4 is 0 Å². The highest BCUT2D eigenvalue weighted by molar-refractivity contribution is 5.43. The quantitative estimate of drug-likeness (QED) is 0.826. The number of ether oxygens (including phenoxy) is 2. The Bertz CT molecular complexity index is 874. The third-order valence-electron chi connectivity index (χ3n) is 5.01. The van der Waals surface area contributed by atoms with Gasteiger partial charge in [0.05, 0.1) is 18.9 Å². The Labute approximate surface area is 166 Å². The molecule has 1 aromatic heterocycles. The van der Waals surface area contributed by atoms with E-state index in [2.05, 4.69) is 22.0 Å². The summed E-state index contributed by atoms with van der Waals surface area (Å²) in [7, 11) is 1.66. The van der Waals surface area contributed by atoms with E-state index in [4.69, 9.17) is 14.5 Å². The number of aromatic amines is 1. The highest BCUT2D eigenvalue weighted by atomic mass is 16.5. The highest BCUT2D eigenvalue weighted by Crippen LogP contribution is 2.29. The zero-order valence-corrected chi connectivity index (χ0v) is 17.5. The Morgan fingerprint density at radius 3 is 2.57 bits per heavy atom. The van der Waals surface area contributed by atoms with Crippen LogP contribution >= 0.6 is 0 Å². The molecule has 0 saturated heterocycles. The minimum atomic E-state index is 0.0209.